The first kappa shape index (κ1) is 22.1. The van der Waals surface area contributed by atoms with Crippen LogP contribution in [0, 0.1) is 5.92 Å². The van der Waals surface area contributed by atoms with E-state index in [-0.39, 0.29) is 23.4 Å². The number of rotatable bonds is 4. The van der Waals surface area contributed by atoms with Crippen LogP contribution in [0.1, 0.15) is 40.0 Å². The van der Waals surface area contributed by atoms with E-state index < -0.39 is 10.0 Å². The fraction of sp³-hybridized carbons (Fsp3) is 0.364. The summed E-state index contributed by atoms with van der Waals surface area (Å²) in [5.74, 6) is -0.106. The zero-order valence-electron chi connectivity index (χ0n) is 16.8. The number of benzene rings is 2. The summed E-state index contributed by atoms with van der Waals surface area (Å²) in [7, 11) is -3.25. The van der Waals surface area contributed by atoms with Gasteiger partial charge in [0.1, 0.15) is 0 Å². The van der Waals surface area contributed by atoms with Crippen molar-refractivity contribution in [1.82, 2.24) is 4.90 Å². The molecule has 2 saturated heterocycles. The average molecular weight is 481 g/mol. The number of likely N-dealkylation sites (tertiary alicyclic amines) is 1. The van der Waals surface area contributed by atoms with Gasteiger partial charge in [-0.2, -0.15) is 0 Å². The first-order chi connectivity index (χ1) is 14.8. The van der Waals surface area contributed by atoms with Crippen LogP contribution in [0.2, 0.25) is 10.0 Å². The lowest BCUT2D eigenvalue weighted by Crippen LogP contribution is -2.40. The predicted octanol–water partition coefficient (Wildman–Crippen LogP) is 4.27. The summed E-state index contributed by atoms with van der Waals surface area (Å²) in [5, 5.41) is 0.761. The number of carbonyl (C=O) groups is 2. The molecule has 4 rings (SSSR count). The standard InChI is InChI=1S/C22H22Cl2N2O4S/c23-19-7-4-17(14-20(19)24)21(27)15-8-11-25(12-9-15)22(28)16-2-5-18(6-3-16)26-10-1-13-31(26,29)30/h2-7,14-15H,1,8-13H2. The number of carbonyl (C=O) groups excluding carboxylic acids is 2. The fourth-order valence-corrected chi connectivity index (χ4v) is 5.97. The highest BCUT2D eigenvalue weighted by Gasteiger charge is 2.30. The highest BCUT2D eigenvalue weighted by atomic mass is 35.5. The maximum Gasteiger partial charge on any atom is 0.253 e. The Morgan fingerprint density at radius 3 is 2.10 bits per heavy atom. The number of amides is 1. The van der Waals surface area contributed by atoms with Crippen molar-refractivity contribution in [3.05, 3.63) is 63.6 Å². The van der Waals surface area contributed by atoms with Gasteiger partial charge in [-0.15, -0.1) is 0 Å². The zero-order valence-corrected chi connectivity index (χ0v) is 19.1. The van der Waals surface area contributed by atoms with E-state index in [2.05, 4.69) is 0 Å². The van der Waals surface area contributed by atoms with Crippen molar-refractivity contribution in [3.63, 3.8) is 0 Å². The van der Waals surface area contributed by atoms with Gasteiger partial charge in [-0.3, -0.25) is 13.9 Å². The highest BCUT2D eigenvalue weighted by Crippen LogP contribution is 2.28. The lowest BCUT2D eigenvalue weighted by molar-refractivity contribution is 0.0650. The van der Waals surface area contributed by atoms with Crippen LogP contribution in [0.5, 0.6) is 0 Å². The van der Waals surface area contributed by atoms with Gasteiger partial charge in [0.25, 0.3) is 5.91 Å². The van der Waals surface area contributed by atoms with Crippen LogP contribution in [0.15, 0.2) is 42.5 Å². The molecule has 0 unspecified atom stereocenters. The van der Waals surface area contributed by atoms with E-state index >= 15 is 0 Å². The Morgan fingerprint density at radius 2 is 1.52 bits per heavy atom. The number of hydrogen-bond acceptors (Lipinski definition) is 4. The second-order valence-corrected chi connectivity index (χ2v) is 10.7. The van der Waals surface area contributed by atoms with Gasteiger partial charge in [-0.05, 0) is 61.7 Å². The molecule has 9 heteroatoms. The Kier molecular flexibility index (Phi) is 6.28. The first-order valence-electron chi connectivity index (χ1n) is 10.2. The minimum absolute atomic E-state index is 0.0156. The molecule has 6 nitrogen and oxygen atoms in total. The van der Waals surface area contributed by atoms with Gasteiger partial charge in [-0.1, -0.05) is 23.2 Å². The van der Waals surface area contributed by atoms with Crippen molar-refractivity contribution in [3.8, 4) is 0 Å². The third-order valence-corrected chi connectivity index (χ3v) is 8.47. The Balaban J connectivity index is 1.38. The molecule has 2 aromatic carbocycles. The summed E-state index contributed by atoms with van der Waals surface area (Å²) >= 11 is 11.9. The molecular formula is C22H22Cl2N2O4S. The molecule has 0 atom stereocenters. The molecule has 0 radical (unpaired) electrons. The second-order valence-electron chi connectivity index (χ2n) is 7.85. The van der Waals surface area contributed by atoms with Crippen LogP contribution >= 0.6 is 23.2 Å². The topological polar surface area (TPSA) is 74.8 Å². The van der Waals surface area contributed by atoms with E-state index in [1.165, 1.54) is 4.31 Å². The van der Waals surface area contributed by atoms with E-state index in [9.17, 15) is 18.0 Å². The van der Waals surface area contributed by atoms with Gasteiger partial charge in [0.2, 0.25) is 10.0 Å². The van der Waals surface area contributed by atoms with E-state index in [1.54, 1.807) is 47.4 Å². The lowest BCUT2D eigenvalue weighted by Gasteiger charge is -2.31. The van der Waals surface area contributed by atoms with Crippen LogP contribution in [-0.2, 0) is 10.0 Å². The molecular weight excluding hydrogens is 459 g/mol. The molecule has 2 aromatic rings. The monoisotopic (exact) mass is 480 g/mol. The van der Waals surface area contributed by atoms with Crippen LogP contribution in [-0.4, -0.2) is 50.4 Å². The first-order valence-corrected chi connectivity index (χ1v) is 12.5. The Hall–Kier alpha value is -2.09. The molecule has 2 fully saturated rings. The van der Waals surface area contributed by atoms with Crippen molar-refractivity contribution in [2.45, 2.75) is 19.3 Å². The van der Waals surface area contributed by atoms with Crippen LogP contribution in [0.4, 0.5) is 5.69 Å². The summed E-state index contributed by atoms with van der Waals surface area (Å²) in [5.41, 5.74) is 1.63. The average Bonchev–Trinajstić information content (AvgIpc) is 3.14. The van der Waals surface area contributed by atoms with Crippen LogP contribution < -0.4 is 4.31 Å². The molecule has 2 heterocycles. The SMILES string of the molecule is O=C(c1ccc(Cl)c(Cl)c1)C1CCN(C(=O)c2ccc(N3CCCS3(=O)=O)cc2)CC1. The number of hydrogen-bond donors (Lipinski definition) is 0. The van der Waals surface area contributed by atoms with Crippen molar-refractivity contribution in [2.24, 2.45) is 5.92 Å². The largest absolute Gasteiger partial charge is 0.339 e. The maximum absolute atomic E-state index is 12.9. The second kappa shape index (κ2) is 8.81. The Bertz CT molecular complexity index is 1110. The maximum atomic E-state index is 12.9. The summed E-state index contributed by atoms with van der Waals surface area (Å²) in [6.07, 6.45) is 1.77. The predicted molar refractivity (Wildman–Crippen MR) is 122 cm³/mol. The van der Waals surface area contributed by atoms with Gasteiger partial charge in [-0.25, -0.2) is 8.42 Å². The number of nitrogens with zero attached hydrogens (tertiary/aromatic N) is 2. The van der Waals surface area contributed by atoms with E-state index in [1.807, 2.05) is 0 Å². The number of halogens is 2. The minimum atomic E-state index is -3.25. The van der Waals surface area contributed by atoms with Crippen LogP contribution in [0.3, 0.4) is 0 Å². The normalized spacial score (nSPS) is 18.9. The van der Waals surface area contributed by atoms with Crippen molar-refractivity contribution < 1.29 is 18.0 Å². The van der Waals surface area contributed by atoms with Gasteiger partial charge in [0, 0.05) is 36.7 Å². The molecule has 2 aliphatic rings. The molecule has 2 aliphatic heterocycles. The van der Waals surface area contributed by atoms with Gasteiger partial charge in [0.15, 0.2) is 5.78 Å². The number of piperidine rings is 1. The molecule has 31 heavy (non-hydrogen) atoms. The molecule has 0 bridgehead atoms. The van der Waals surface area contributed by atoms with E-state index in [4.69, 9.17) is 23.2 Å². The fourth-order valence-electron chi connectivity index (χ4n) is 4.11. The Morgan fingerprint density at radius 1 is 0.871 bits per heavy atom. The molecule has 164 valence electrons. The number of ketones is 1. The Labute approximate surface area is 191 Å². The summed E-state index contributed by atoms with van der Waals surface area (Å²) in [6, 6.07) is 11.6. The zero-order chi connectivity index (χ0) is 22.2. The van der Waals surface area contributed by atoms with Crippen molar-refractivity contribution in [2.75, 3.05) is 29.7 Å². The summed E-state index contributed by atoms with van der Waals surface area (Å²) in [4.78, 5) is 27.4. The van der Waals surface area contributed by atoms with Gasteiger partial charge in [0.05, 0.1) is 21.5 Å². The summed E-state index contributed by atoms with van der Waals surface area (Å²) < 4.78 is 25.5. The van der Waals surface area contributed by atoms with Crippen molar-refractivity contribution in [1.29, 1.82) is 0 Å². The lowest BCUT2D eigenvalue weighted by atomic mass is 9.88. The summed E-state index contributed by atoms with van der Waals surface area (Å²) in [6.45, 7) is 1.44. The number of sulfonamides is 1. The smallest absolute Gasteiger partial charge is 0.253 e. The number of anilines is 1. The third-order valence-electron chi connectivity index (χ3n) is 5.86. The van der Waals surface area contributed by atoms with Crippen molar-refractivity contribution >= 4 is 50.6 Å². The number of Topliss-reactive ketones (excluding diaryl/α,β-unsaturated/α-hetero) is 1. The minimum Gasteiger partial charge on any atom is -0.339 e. The third kappa shape index (κ3) is 4.59. The molecule has 1 amide bonds. The molecule has 0 aliphatic carbocycles. The molecule has 0 spiro atoms. The van der Waals surface area contributed by atoms with E-state index in [0.29, 0.717) is 65.8 Å². The highest BCUT2D eigenvalue weighted by molar-refractivity contribution is 7.93. The van der Waals surface area contributed by atoms with Gasteiger partial charge >= 0.3 is 0 Å². The van der Waals surface area contributed by atoms with E-state index in [0.717, 1.165) is 0 Å². The quantitative estimate of drug-likeness (QED) is 0.612. The molecule has 0 saturated carbocycles. The van der Waals surface area contributed by atoms with Crippen LogP contribution in [0.25, 0.3) is 0 Å². The molecule has 0 aromatic heterocycles. The molecule has 0 N–H and O–H groups in total. The van der Waals surface area contributed by atoms with Gasteiger partial charge < -0.3 is 4.90 Å².